The van der Waals surface area contributed by atoms with Crippen molar-refractivity contribution in [1.29, 1.82) is 0 Å². The maximum Gasteiger partial charge on any atom is 0.308 e. The van der Waals surface area contributed by atoms with Gasteiger partial charge in [-0.15, -0.1) is 11.3 Å². The Bertz CT molecular complexity index is 1180. The number of benzene rings is 1. The first-order valence-corrected chi connectivity index (χ1v) is 11.4. The Morgan fingerprint density at radius 1 is 1.13 bits per heavy atom. The molecule has 4 rings (SSSR count). The molecule has 0 bridgehead atoms. The van der Waals surface area contributed by atoms with Crippen LogP contribution in [0.4, 0.5) is 0 Å². The van der Waals surface area contributed by atoms with Gasteiger partial charge in [0, 0.05) is 27.9 Å². The standard InChI is InChI=1S/C25H29N3O2S/c1-14-8-10-18(11-9-14)22-21-16(3)17(4)31-24(21)28-15(2)13-26-23(28)19(27-22)12-20(29)30-25(5,6)7/h8-11,13,19H,12H2,1-7H3/t19-/m0/s1. The number of esters is 1. The summed E-state index contributed by atoms with van der Waals surface area (Å²) >= 11 is 1.75. The number of fused-ring (bicyclic) bond motifs is 3. The third kappa shape index (κ3) is 4.09. The maximum atomic E-state index is 12.7. The Morgan fingerprint density at radius 3 is 2.45 bits per heavy atom. The normalized spacial score (nSPS) is 15.7. The van der Waals surface area contributed by atoms with Crippen LogP contribution >= 0.6 is 11.3 Å². The number of carbonyl (C=O) groups is 1. The van der Waals surface area contributed by atoms with Crippen molar-refractivity contribution in [3.8, 4) is 5.00 Å². The molecule has 1 aliphatic rings. The molecule has 0 fully saturated rings. The van der Waals surface area contributed by atoms with Crippen LogP contribution in [0.2, 0.25) is 0 Å². The molecule has 6 heteroatoms. The minimum atomic E-state index is -0.539. The van der Waals surface area contributed by atoms with E-state index >= 15 is 0 Å². The number of aryl methyl sites for hydroxylation is 3. The fourth-order valence-electron chi connectivity index (χ4n) is 3.89. The first-order chi connectivity index (χ1) is 14.5. The SMILES string of the molecule is Cc1ccc(C2=N[C@@H](CC(=O)OC(C)(C)C)c3ncc(C)n3-c3sc(C)c(C)c32)cc1. The van der Waals surface area contributed by atoms with E-state index in [-0.39, 0.29) is 12.4 Å². The van der Waals surface area contributed by atoms with Gasteiger partial charge in [-0.1, -0.05) is 29.8 Å². The van der Waals surface area contributed by atoms with Crippen LogP contribution in [0.5, 0.6) is 0 Å². The van der Waals surface area contributed by atoms with E-state index in [9.17, 15) is 4.79 Å². The third-order valence-electron chi connectivity index (χ3n) is 5.46. The van der Waals surface area contributed by atoms with Crippen LogP contribution in [0.1, 0.15) is 71.9 Å². The van der Waals surface area contributed by atoms with Gasteiger partial charge in [-0.25, -0.2) is 4.98 Å². The molecule has 162 valence electrons. The molecule has 31 heavy (non-hydrogen) atoms. The number of carbonyl (C=O) groups excluding carboxylic acids is 1. The molecule has 1 atom stereocenters. The average Bonchev–Trinajstić information content (AvgIpc) is 3.14. The van der Waals surface area contributed by atoms with E-state index in [1.54, 1.807) is 11.3 Å². The number of hydrogen-bond donors (Lipinski definition) is 0. The minimum Gasteiger partial charge on any atom is -0.460 e. The van der Waals surface area contributed by atoms with E-state index in [1.165, 1.54) is 16.0 Å². The van der Waals surface area contributed by atoms with Gasteiger partial charge >= 0.3 is 5.97 Å². The molecule has 0 unspecified atom stereocenters. The number of aliphatic imine (C=N–C) groups is 1. The molecule has 3 heterocycles. The molecule has 0 radical (unpaired) electrons. The second-order valence-electron chi connectivity index (χ2n) is 9.21. The van der Waals surface area contributed by atoms with Gasteiger partial charge in [-0.2, -0.15) is 0 Å². The monoisotopic (exact) mass is 435 g/mol. The molecular weight excluding hydrogens is 406 g/mol. The Morgan fingerprint density at radius 2 is 1.81 bits per heavy atom. The zero-order valence-electron chi connectivity index (χ0n) is 19.2. The van der Waals surface area contributed by atoms with Gasteiger partial charge in [-0.05, 0) is 54.0 Å². The molecule has 0 saturated carbocycles. The van der Waals surface area contributed by atoms with Crippen LogP contribution in [0.15, 0.2) is 35.5 Å². The molecule has 1 aromatic carbocycles. The zero-order chi connectivity index (χ0) is 22.5. The average molecular weight is 436 g/mol. The largest absolute Gasteiger partial charge is 0.460 e. The van der Waals surface area contributed by atoms with Crippen LogP contribution in [0.3, 0.4) is 0 Å². The summed E-state index contributed by atoms with van der Waals surface area (Å²) in [7, 11) is 0. The molecule has 2 aromatic heterocycles. The van der Waals surface area contributed by atoms with Gasteiger partial charge in [0.25, 0.3) is 0 Å². The van der Waals surface area contributed by atoms with Crippen molar-refractivity contribution in [1.82, 2.24) is 9.55 Å². The number of hydrogen-bond acceptors (Lipinski definition) is 5. The van der Waals surface area contributed by atoms with Crippen LogP contribution in [-0.2, 0) is 9.53 Å². The molecule has 0 N–H and O–H groups in total. The van der Waals surface area contributed by atoms with Crippen molar-refractivity contribution in [3.63, 3.8) is 0 Å². The third-order valence-corrected chi connectivity index (χ3v) is 6.65. The van der Waals surface area contributed by atoms with Gasteiger partial charge in [-0.3, -0.25) is 14.4 Å². The molecule has 0 aliphatic carbocycles. The zero-order valence-corrected chi connectivity index (χ0v) is 20.1. The summed E-state index contributed by atoms with van der Waals surface area (Å²) in [4.78, 5) is 23.8. The van der Waals surface area contributed by atoms with Crippen molar-refractivity contribution in [3.05, 3.63) is 69.1 Å². The summed E-state index contributed by atoms with van der Waals surface area (Å²) in [5, 5.41) is 1.12. The Hall–Kier alpha value is -2.73. The highest BCUT2D eigenvalue weighted by atomic mass is 32.1. The number of nitrogens with zero attached hydrogens (tertiary/aromatic N) is 3. The highest BCUT2D eigenvalue weighted by Crippen LogP contribution is 2.40. The van der Waals surface area contributed by atoms with E-state index in [1.807, 2.05) is 33.9 Å². The molecule has 3 aromatic rings. The highest BCUT2D eigenvalue weighted by Gasteiger charge is 2.32. The molecular formula is C25H29N3O2S. The van der Waals surface area contributed by atoms with Crippen molar-refractivity contribution >= 4 is 23.0 Å². The first-order valence-electron chi connectivity index (χ1n) is 10.6. The first kappa shape index (κ1) is 21.5. The second kappa shape index (κ2) is 7.75. The van der Waals surface area contributed by atoms with Crippen LogP contribution in [0.25, 0.3) is 5.00 Å². The summed E-state index contributed by atoms with van der Waals surface area (Å²) in [5.74, 6) is 0.517. The fraction of sp³-hybridized carbons (Fsp3) is 0.400. The smallest absolute Gasteiger partial charge is 0.308 e. The summed E-state index contributed by atoms with van der Waals surface area (Å²) in [6.45, 7) is 14.1. The van der Waals surface area contributed by atoms with E-state index in [4.69, 9.17) is 9.73 Å². The Labute approximate surface area is 187 Å². The van der Waals surface area contributed by atoms with E-state index < -0.39 is 11.6 Å². The van der Waals surface area contributed by atoms with Gasteiger partial charge in [0.1, 0.15) is 22.5 Å². The van der Waals surface area contributed by atoms with Crippen molar-refractivity contribution in [2.75, 3.05) is 0 Å². The highest BCUT2D eigenvalue weighted by molar-refractivity contribution is 7.15. The summed E-state index contributed by atoms with van der Waals surface area (Å²) in [6, 6.07) is 8.00. The molecule has 5 nitrogen and oxygen atoms in total. The Kier molecular flexibility index (Phi) is 5.38. The lowest BCUT2D eigenvalue weighted by molar-refractivity contribution is -0.155. The van der Waals surface area contributed by atoms with E-state index in [0.29, 0.717) is 0 Å². The summed E-state index contributed by atoms with van der Waals surface area (Å²) < 4.78 is 7.78. The summed E-state index contributed by atoms with van der Waals surface area (Å²) in [6.07, 6.45) is 2.01. The van der Waals surface area contributed by atoms with Gasteiger partial charge in [0.05, 0.1) is 12.1 Å². The number of aromatic nitrogens is 2. The molecule has 1 aliphatic heterocycles. The lowest BCUT2D eigenvalue weighted by atomic mass is 9.99. The van der Waals surface area contributed by atoms with E-state index in [0.717, 1.165) is 33.4 Å². The minimum absolute atomic E-state index is 0.149. The van der Waals surface area contributed by atoms with E-state index in [2.05, 4.69) is 54.6 Å². The van der Waals surface area contributed by atoms with Gasteiger partial charge in [0.15, 0.2) is 0 Å². The van der Waals surface area contributed by atoms with Crippen LogP contribution in [0, 0.1) is 27.7 Å². The van der Waals surface area contributed by atoms with Crippen molar-refractivity contribution in [2.45, 2.75) is 66.5 Å². The predicted octanol–water partition coefficient (Wildman–Crippen LogP) is 5.79. The molecule has 0 amide bonds. The lowest BCUT2D eigenvalue weighted by Crippen LogP contribution is -2.25. The fourth-order valence-corrected chi connectivity index (χ4v) is 5.11. The molecule has 0 saturated heterocycles. The number of thiophene rings is 1. The number of rotatable bonds is 3. The topological polar surface area (TPSA) is 56.5 Å². The van der Waals surface area contributed by atoms with Crippen molar-refractivity contribution in [2.24, 2.45) is 4.99 Å². The van der Waals surface area contributed by atoms with Crippen molar-refractivity contribution < 1.29 is 9.53 Å². The quantitative estimate of drug-likeness (QED) is 0.489. The maximum absolute atomic E-state index is 12.7. The van der Waals surface area contributed by atoms with Gasteiger partial charge in [0.2, 0.25) is 0 Å². The van der Waals surface area contributed by atoms with Gasteiger partial charge < -0.3 is 4.74 Å². The Balaban J connectivity index is 1.91. The lowest BCUT2D eigenvalue weighted by Gasteiger charge is -2.21. The number of imidazole rings is 1. The van der Waals surface area contributed by atoms with Crippen LogP contribution < -0.4 is 0 Å². The number of ether oxygens (including phenoxy) is 1. The molecule has 0 spiro atoms. The predicted molar refractivity (Wildman–Crippen MR) is 126 cm³/mol. The van der Waals surface area contributed by atoms with Crippen LogP contribution in [-0.4, -0.2) is 26.8 Å². The summed E-state index contributed by atoms with van der Waals surface area (Å²) in [5.41, 5.74) is 6.00. The second-order valence-corrected chi connectivity index (χ2v) is 10.4.